The molecule has 0 saturated carbocycles. The molecule has 0 amide bonds. The summed E-state index contributed by atoms with van der Waals surface area (Å²) in [5.41, 5.74) is 6.23. The number of hydrogen-bond donors (Lipinski definition) is 1. The van der Waals surface area contributed by atoms with Crippen molar-refractivity contribution in [2.75, 3.05) is 26.2 Å². The van der Waals surface area contributed by atoms with Gasteiger partial charge in [-0.3, -0.25) is 4.90 Å². The second-order valence-corrected chi connectivity index (χ2v) is 5.01. The standard InChI is InChI=1S/C14H19F3N2OS/c1-2-19(10-14(15,16)17)8-3-9-20-12-6-4-11(5-7-12)13(18)21/h4-7H,2-3,8-10H2,1H3,(H2,18,21). The molecule has 0 aromatic heterocycles. The van der Waals surface area contributed by atoms with Crippen LogP contribution >= 0.6 is 12.2 Å². The Bertz CT molecular complexity index is 449. The fourth-order valence-corrected chi connectivity index (χ4v) is 1.93. The van der Waals surface area contributed by atoms with Crippen LogP contribution < -0.4 is 10.5 Å². The third-order valence-corrected chi connectivity index (χ3v) is 3.11. The number of thiocarbonyl (C=S) groups is 1. The van der Waals surface area contributed by atoms with Crippen LogP contribution in [-0.4, -0.2) is 42.3 Å². The zero-order valence-corrected chi connectivity index (χ0v) is 12.6. The van der Waals surface area contributed by atoms with Gasteiger partial charge in [0, 0.05) is 12.1 Å². The van der Waals surface area contributed by atoms with E-state index in [9.17, 15) is 13.2 Å². The monoisotopic (exact) mass is 320 g/mol. The van der Waals surface area contributed by atoms with E-state index < -0.39 is 12.7 Å². The van der Waals surface area contributed by atoms with Gasteiger partial charge in [-0.25, -0.2) is 0 Å². The molecule has 1 aromatic rings. The summed E-state index contributed by atoms with van der Waals surface area (Å²) < 4.78 is 42.3. The maximum absolute atomic E-state index is 12.3. The Kier molecular flexibility index (Phi) is 6.91. The normalized spacial score (nSPS) is 11.7. The van der Waals surface area contributed by atoms with Crippen molar-refractivity contribution in [2.45, 2.75) is 19.5 Å². The van der Waals surface area contributed by atoms with Gasteiger partial charge in [0.05, 0.1) is 13.2 Å². The highest BCUT2D eigenvalue weighted by Crippen LogP contribution is 2.16. The average molecular weight is 320 g/mol. The number of hydrogen-bond acceptors (Lipinski definition) is 3. The highest BCUT2D eigenvalue weighted by atomic mass is 32.1. The molecule has 118 valence electrons. The van der Waals surface area contributed by atoms with Crippen LogP contribution in [0.3, 0.4) is 0 Å². The van der Waals surface area contributed by atoms with Gasteiger partial charge in [-0.1, -0.05) is 19.1 Å². The summed E-state index contributed by atoms with van der Waals surface area (Å²) in [5, 5.41) is 0. The van der Waals surface area contributed by atoms with Crippen molar-refractivity contribution in [3.63, 3.8) is 0 Å². The first-order valence-corrected chi connectivity index (χ1v) is 7.04. The minimum Gasteiger partial charge on any atom is -0.494 e. The van der Waals surface area contributed by atoms with Crippen LogP contribution in [0.1, 0.15) is 18.9 Å². The van der Waals surface area contributed by atoms with Crippen molar-refractivity contribution < 1.29 is 17.9 Å². The van der Waals surface area contributed by atoms with Crippen molar-refractivity contribution in [2.24, 2.45) is 5.73 Å². The quantitative estimate of drug-likeness (QED) is 0.590. The highest BCUT2D eigenvalue weighted by molar-refractivity contribution is 7.80. The summed E-state index contributed by atoms with van der Waals surface area (Å²) in [5.74, 6) is 0.647. The predicted molar refractivity (Wildman–Crippen MR) is 80.6 cm³/mol. The van der Waals surface area contributed by atoms with Crippen LogP contribution in [0, 0.1) is 0 Å². The molecular weight excluding hydrogens is 301 g/mol. The molecule has 0 unspecified atom stereocenters. The lowest BCUT2D eigenvalue weighted by atomic mass is 10.2. The molecule has 21 heavy (non-hydrogen) atoms. The fourth-order valence-electron chi connectivity index (χ4n) is 1.80. The molecule has 0 aliphatic carbocycles. The Morgan fingerprint density at radius 1 is 1.29 bits per heavy atom. The Balaban J connectivity index is 2.31. The number of ether oxygens (including phenoxy) is 1. The molecule has 0 heterocycles. The van der Waals surface area contributed by atoms with E-state index in [1.807, 2.05) is 0 Å². The first kappa shape index (κ1) is 17.7. The van der Waals surface area contributed by atoms with Crippen molar-refractivity contribution in [3.05, 3.63) is 29.8 Å². The molecule has 0 saturated heterocycles. The van der Waals surface area contributed by atoms with Crippen molar-refractivity contribution in [1.82, 2.24) is 4.90 Å². The second kappa shape index (κ2) is 8.19. The molecule has 0 aliphatic rings. The molecule has 0 radical (unpaired) electrons. The van der Waals surface area contributed by atoms with Gasteiger partial charge in [-0.2, -0.15) is 13.2 Å². The van der Waals surface area contributed by atoms with E-state index >= 15 is 0 Å². The van der Waals surface area contributed by atoms with Gasteiger partial charge >= 0.3 is 6.18 Å². The summed E-state index contributed by atoms with van der Waals surface area (Å²) in [6, 6.07) is 6.98. The average Bonchev–Trinajstić information content (AvgIpc) is 2.41. The van der Waals surface area contributed by atoms with Gasteiger partial charge in [0.2, 0.25) is 0 Å². The van der Waals surface area contributed by atoms with E-state index in [1.165, 1.54) is 4.90 Å². The van der Waals surface area contributed by atoms with Crippen LogP contribution in [0.25, 0.3) is 0 Å². The van der Waals surface area contributed by atoms with Crippen LogP contribution in [0.2, 0.25) is 0 Å². The molecule has 2 N–H and O–H groups in total. The van der Waals surface area contributed by atoms with E-state index in [-0.39, 0.29) is 0 Å². The lowest BCUT2D eigenvalue weighted by molar-refractivity contribution is -0.145. The lowest BCUT2D eigenvalue weighted by Gasteiger charge is -2.21. The van der Waals surface area contributed by atoms with E-state index in [4.69, 9.17) is 22.7 Å². The number of benzene rings is 1. The second-order valence-electron chi connectivity index (χ2n) is 4.57. The maximum atomic E-state index is 12.3. The molecule has 1 rings (SSSR count). The van der Waals surface area contributed by atoms with Gasteiger partial charge in [0.25, 0.3) is 0 Å². The van der Waals surface area contributed by atoms with E-state index in [0.717, 1.165) is 5.56 Å². The topological polar surface area (TPSA) is 38.5 Å². The minimum atomic E-state index is -4.16. The van der Waals surface area contributed by atoms with Gasteiger partial charge < -0.3 is 10.5 Å². The molecular formula is C14H19F3N2OS. The Labute approximate surface area is 127 Å². The van der Waals surface area contributed by atoms with Crippen molar-refractivity contribution in [3.8, 4) is 5.75 Å². The van der Waals surface area contributed by atoms with Crippen LogP contribution in [-0.2, 0) is 0 Å². The molecule has 0 aliphatic heterocycles. The largest absolute Gasteiger partial charge is 0.494 e. The Morgan fingerprint density at radius 3 is 2.38 bits per heavy atom. The van der Waals surface area contributed by atoms with Crippen LogP contribution in [0.4, 0.5) is 13.2 Å². The number of alkyl halides is 3. The number of rotatable bonds is 8. The predicted octanol–water partition coefficient (Wildman–Crippen LogP) is 2.97. The van der Waals surface area contributed by atoms with Gasteiger partial charge in [-0.05, 0) is 37.2 Å². The molecule has 0 fully saturated rings. The summed E-state index contributed by atoms with van der Waals surface area (Å²) in [4.78, 5) is 1.66. The van der Waals surface area contributed by atoms with Gasteiger partial charge in [0.15, 0.2) is 0 Å². The number of nitrogens with zero attached hydrogens (tertiary/aromatic N) is 1. The molecule has 0 bridgehead atoms. The van der Waals surface area contributed by atoms with E-state index in [2.05, 4.69) is 0 Å². The third-order valence-electron chi connectivity index (χ3n) is 2.88. The van der Waals surface area contributed by atoms with Gasteiger partial charge in [0.1, 0.15) is 10.7 Å². The smallest absolute Gasteiger partial charge is 0.401 e. The summed E-state index contributed by atoms with van der Waals surface area (Å²) in [6.07, 6.45) is -3.63. The lowest BCUT2D eigenvalue weighted by Crippen LogP contribution is -2.35. The minimum absolute atomic E-state index is 0.312. The molecule has 3 nitrogen and oxygen atoms in total. The molecule has 0 atom stereocenters. The SMILES string of the molecule is CCN(CCCOc1ccc(C(N)=S)cc1)CC(F)(F)F. The van der Waals surface area contributed by atoms with Crippen LogP contribution in [0.15, 0.2) is 24.3 Å². The third kappa shape index (κ3) is 7.29. The summed E-state index contributed by atoms with van der Waals surface area (Å²) in [7, 11) is 0. The first-order valence-electron chi connectivity index (χ1n) is 6.63. The summed E-state index contributed by atoms with van der Waals surface area (Å²) in [6.45, 7) is 1.90. The Hall–Kier alpha value is -1.34. The number of halogens is 3. The Morgan fingerprint density at radius 2 is 1.90 bits per heavy atom. The first-order chi connectivity index (χ1) is 9.81. The van der Waals surface area contributed by atoms with Gasteiger partial charge in [-0.15, -0.1) is 0 Å². The number of nitrogens with two attached hydrogens (primary N) is 1. The van der Waals surface area contributed by atoms with Crippen molar-refractivity contribution in [1.29, 1.82) is 0 Å². The van der Waals surface area contributed by atoms with E-state index in [1.54, 1.807) is 31.2 Å². The zero-order chi connectivity index (χ0) is 15.9. The van der Waals surface area contributed by atoms with E-state index in [0.29, 0.717) is 36.9 Å². The maximum Gasteiger partial charge on any atom is 0.401 e. The molecule has 7 heteroatoms. The fraction of sp³-hybridized carbons (Fsp3) is 0.500. The molecule has 1 aromatic carbocycles. The summed E-state index contributed by atoms with van der Waals surface area (Å²) >= 11 is 4.84. The highest BCUT2D eigenvalue weighted by Gasteiger charge is 2.29. The van der Waals surface area contributed by atoms with Crippen molar-refractivity contribution >= 4 is 17.2 Å². The zero-order valence-electron chi connectivity index (χ0n) is 11.8. The molecule has 0 spiro atoms. The van der Waals surface area contributed by atoms with Crippen LogP contribution in [0.5, 0.6) is 5.75 Å².